The van der Waals surface area contributed by atoms with E-state index < -0.39 is 22.0 Å². The molecule has 0 aliphatic rings. The van der Waals surface area contributed by atoms with Gasteiger partial charge in [0.15, 0.2) is 0 Å². The molecule has 146 valence electrons. The van der Waals surface area contributed by atoms with Gasteiger partial charge in [-0.05, 0) is 54.3 Å². The van der Waals surface area contributed by atoms with Crippen LogP contribution in [0.3, 0.4) is 0 Å². The summed E-state index contributed by atoms with van der Waals surface area (Å²) in [6.07, 6.45) is 0.849. The predicted molar refractivity (Wildman–Crippen MR) is 106 cm³/mol. The molecule has 0 bridgehead atoms. The minimum atomic E-state index is -3.85. The molecular weight excluding hydrogens is 364 g/mol. The van der Waals surface area contributed by atoms with Crippen molar-refractivity contribution in [2.24, 2.45) is 5.92 Å². The molecular formula is C20H26N2O4S. The lowest BCUT2D eigenvalue weighted by Crippen LogP contribution is -2.47. The second kappa shape index (κ2) is 9.01. The van der Waals surface area contributed by atoms with Crippen LogP contribution >= 0.6 is 0 Å². The van der Waals surface area contributed by atoms with E-state index in [9.17, 15) is 13.2 Å². The van der Waals surface area contributed by atoms with Crippen molar-refractivity contribution >= 4 is 21.6 Å². The van der Waals surface area contributed by atoms with Gasteiger partial charge in [-0.25, -0.2) is 8.42 Å². The SMILES string of the molecule is CCc1cccc(NC(=O)C(NS(=O)(=O)c2ccc(OC)cc2)C(C)C)c1. The summed E-state index contributed by atoms with van der Waals surface area (Å²) in [6.45, 7) is 5.62. The quantitative estimate of drug-likeness (QED) is 0.725. The molecule has 1 atom stereocenters. The minimum Gasteiger partial charge on any atom is -0.497 e. The number of hydrogen-bond acceptors (Lipinski definition) is 4. The summed E-state index contributed by atoms with van der Waals surface area (Å²) in [5.41, 5.74) is 1.74. The van der Waals surface area contributed by atoms with Crippen molar-refractivity contribution in [3.8, 4) is 5.75 Å². The number of hydrogen-bond donors (Lipinski definition) is 2. The zero-order valence-corrected chi connectivity index (χ0v) is 16.8. The summed E-state index contributed by atoms with van der Waals surface area (Å²) in [7, 11) is -2.34. The van der Waals surface area contributed by atoms with Crippen LogP contribution in [0.1, 0.15) is 26.3 Å². The van der Waals surface area contributed by atoms with E-state index in [4.69, 9.17) is 4.74 Å². The first-order valence-corrected chi connectivity index (χ1v) is 10.3. The van der Waals surface area contributed by atoms with E-state index in [-0.39, 0.29) is 10.8 Å². The maximum Gasteiger partial charge on any atom is 0.242 e. The van der Waals surface area contributed by atoms with Gasteiger partial charge in [0.1, 0.15) is 11.8 Å². The zero-order chi connectivity index (χ0) is 20.0. The fourth-order valence-corrected chi connectivity index (χ4v) is 3.92. The van der Waals surface area contributed by atoms with E-state index >= 15 is 0 Å². The molecule has 0 spiro atoms. The normalized spacial score (nSPS) is 12.6. The number of carbonyl (C=O) groups is 1. The molecule has 0 aromatic heterocycles. The molecule has 0 aliphatic carbocycles. The highest BCUT2D eigenvalue weighted by molar-refractivity contribution is 7.89. The Morgan fingerprint density at radius 1 is 1.11 bits per heavy atom. The largest absolute Gasteiger partial charge is 0.497 e. The fraction of sp³-hybridized carbons (Fsp3) is 0.350. The highest BCUT2D eigenvalue weighted by Gasteiger charge is 2.28. The van der Waals surface area contributed by atoms with Crippen molar-refractivity contribution in [1.82, 2.24) is 4.72 Å². The van der Waals surface area contributed by atoms with E-state index in [1.54, 1.807) is 32.0 Å². The Kier molecular flexibility index (Phi) is 6.98. The van der Waals surface area contributed by atoms with Crippen molar-refractivity contribution in [3.63, 3.8) is 0 Å². The molecule has 1 unspecified atom stereocenters. The van der Waals surface area contributed by atoms with Gasteiger partial charge in [0, 0.05) is 5.69 Å². The molecule has 0 saturated heterocycles. The molecule has 1 amide bonds. The Morgan fingerprint density at radius 2 is 1.78 bits per heavy atom. The predicted octanol–water partition coefficient (Wildman–Crippen LogP) is 3.20. The maximum atomic E-state index is 12.7. The van der Waals surface area contributed by atoms with E-state index in [2.05, 4.69) is 10.0 Å². The number of ether oxygens (including phenoxy) is 1. The molecule has 2 rings (SSSR count). The lowest BCUT2D eigenvalue weighted by Gasteiger charge is -2.22. The van der Waals surface area contributed by atoms with Gasteiger partial charge in [-0.15, -0.1) is 0 Å². The summed E-state index contributed by atoms with van der Waals surface area (Å²) in [5.74, 6) is -0.0642. The van der Waals surface area contributed by atoms with Crippen molar-refractivity contribution in [1.29, 1.82) is 0 Å². The molecule has 2 N–H and O–H groups in total. The van der Waals surface area contributed by atoms with Crippen molar-refractivity contribution in [2.75, 3.05) is 12.4 Å². The van der Waals surface area contributed by atoms with Crippen molar-refractivity contribution in [3.05, 3.63) is 54.1 Å². The summed E-state index contributed by atoms with van der Waals surface area (Å²) in [4.78, 5) is 12.8. The monoisotopic (exact) mass is 390 g/mol. The molecule has 0 fully saturated rings. The van der Waals surface area contributed by atoms with Gasteiger partial charge in [0.25, 0.3) is 0 Å². The van der Waals surface area contributed by atoms with E-state index in [0.29, 0.717) is 11.4 Å². The number of rotatable bonds is 8. The fourth-order valence-electron chi connectivity index (χ4n) is 2.57. The van der Waals surface area contributed by atoms with Gasteiger partial charge in [0.05, 0.1) is 12.0 Å². The number of aryl methyl sites for hydroxylation is 1. The number of methoxy groups -OCH3 is 1. The minimum absolute atomic E-state index is 0.0785. The number of sulfonamides is 1. The Balaban J connectivity index is 2.18. The van der Waals surface area contributed by atoms with E-state index in [0.717, 1.165) is 12.0 Å². The van der Waals surface area contributed by atoms with Gasteiger partial charge in [-0.3, -0.25) is 4.79 Å². The summed E-state index contributed by atoms with van der Waals surface area (Å²) in [5, 5.41) is 2.80. The van der Waals surface area contributed by atoms with Crippen LogP contribution in [-0.4, -0.2) is 27.5 Å². The van der Waals surface area contributed by atoms with Crippen LogP contribution in [0.5, 0.6) is 5.75 Å². The Hall–Kier alpha value is -2.38. The van der Waals surface area contributed by atoms with Crippen LogP contribution in [0.25, 0.3) is 0 Å². The highest BCUT2D eigenvalue weighted by atomic mass is 32.2. The second-order valence-electron chi connectivity index (χ2n) is 6.56. The lowest BCUT2D eigenvalue weighted by molar-refractivity contribution is -0.118. The van der Waals surface area contributed by atoms with Gasteiger partial charge in [0.2, 0.25) is 15.9 Å². The Labute approximate surface area is 161 Å². The zero-order valence-electron chi connectivity index (χ0n) is 16.0. The second-order valence-corrected chi connectivity index (χ2v) is 8.28. The van der Waals surface area contributed by atoms with Crippen molar-refractivity contribution < 1.29 is 17.9 Å². The first-order valence-electron chi connectivity index (χ1n) is 8.83. The first-order chi connectivity index (χ1) is 12.8. The standard InChI is InChI=1S/C20H26N2O4S/c1-5-15-7-6-8-16(13-15)21-20(23)19(14(2)3)22-27(24,25)18-11-9-17(26-4)10-12-18/h6-14,19,22H,5H2,1-4H3,(H,21,23). The molecule has 2 aromatic rings. The van der Waals surface area contributed by atoms with Gasteiger partial charge in [-0.1, -0.05) is 32.9 Å². The topological polar surface area (TPSA) is 84.5 Å². The summed E-state index contributed by atoms with van der Waals surface area (Å²) >= 11 is 0. The maximum absolute atomic E-state index is 12.7. The highest BCUT2D eigenvalue weighted by Crippen LogP contribution is 2.18. The van der Waals surface area contributed by atoms with Gasteiger partial charge < -0.3 is 10.1 Å². The lowest BCUT2D eigenvalue weighted by atomic mass is 10.0. The number of carbonyl (C=O) groups excluding carboxylic acids is 1. The van der Waals surface area contributed by atoms with Crippen molar-refractivity contribution in [2.45, 2.75) is 38.1 Å². The molecule has 7 heteroatoms. The summed E-state index contributed by atoms with van der Waals surface area (Å²) < 4.78 is 32.9. The average Bonchev–Trinajstić information content (AvgIpc) is 2.66. The Morgan fingerprint density at radius 3 is 2.33 bits per heavy atom. The van der Waals surface area contributed by atoms with Crippen LogP contribution < -0.4 is 14.8 Å². The molecule has 0 radical (unpaired) electrons. The summed E-state index contributed by atoms with van der Waals surface area (Å²) in [6, 6.07) is 12.6. The van der Waals surface area contributed by atoms with Crippen LogP contribution in [0, 0.1) is 5.92 Å². The molecule has 0 saturated carbocycles. The van der Waals surface area contributed by atoms with Crippen LogP contribution in [-0.2, 0) is 21.2 Å². The molecule has 0 aliphatic heterocycles. The Bertz CT molecular complexity index is 877. The number of benzene rings is 2. The third-order valence-electron chi connectivity index (χ3n) is 4.20. The molecule has 27 heavy (non-hydrogen) atoms. The average molecular weight is 391 g/mol. The van der Waals surface area contributed by atoms with Crippen LogP contribution in [0.4, 0.5) is 5.69 Å². The number of nitrogens with one attached hydrogen (secondary N) is 2. The number of anilines is 1. The number of amides is 1. The molecule has 6 nitrogen and oxygen atoms in total. The third kappa shape index (κ3) is 5.55. The smallest absolute Gasteiger partial charge is 0.242 e. The van der Waals surface area contributed by atoms with Crippen LogP contribution in [0.2, 0.25) is 0 Å². The van der Waals surface area contributed by atoms with Crippen LogP contribution in [0.15, 0.2) is 53.4 Å². The third-order valence-corrected chi connectivity index (χ3v) is 5.66. The van der Waals surface area contributed by atoms with E-state index in [1.807, 2.05) is 25.1 Å². The van der Waals surface area contributed by atoms with Gasteiger partial charge >= 0.3 is 0 Å². The van der Waals surface area contributed by atoms with E-state index in [1.165, 1.54) is 19.2 Å². The first kappa shape index (κ1) is 20.9. The molecule has 0 heterocycles. The van der Waals surface area contributed by atoms with Gasteiger partial charge in [-0.2, -0.15) is 4.72 Å². The molecule has 2 aromatic carbocycles.